The topological polar surface area (TPSA) is 108 Å². The van der Waals surface area contributed by atoms with Gasteiger partial charge >= 0.3 is 0 Å². The summed E-state index contributed by atoms with van der Waals surface area (Å²) in [6.07, 6.45) is 3.19. The number of rotatable bonds is 4. The molecule has 14 heavy (non-hydrogen) atoms. The normalized spacial score (nSPS) is 12.4. The summed E-state index contributed by atoms with van der Waals surface area (Å²) in [6.45, 7) is 0. The molecule has 1 heterocycles. The van der Waals surface area contributed by atoms with E-state index < -0.39 is 11.9 Å². The highest BCUT2D eigenvalue weighted by Crippen LogP contribution is 2.23. The van der Waals surface area contributed by atoms with Gasteiger partial charge in [0.25, 0.3) is 0 Å². The number of nitrogens with zero attached hydrogens (tertiary/aromatic N) is 1. The smallest absolute Gasteiger partial charge is 0.235 e. The Bertz CT molecular complexity index is 331. The van der Waals surface area contributed by atoms with Crippen LogP contribution in [0.1, 0.15) is 0 Å². The Balaban J connectivity index is 2.54. The molecule has 0 spiro atoms. The number of aromatic nitrogens is 1. The monoisotopic (exact) mass is 212 g/mol. The third-order valence-corrected chi connectivity index (χ3v) is 2.80. The number of carbonyl (C=O) groups excluding carboxylic acids is 1. The number of anilines is 1. The predicted molar refractivity (Wildman–Crippen MR) is 56.5 cm³/mol. The standard InChI is InChI=1S/C8H12N4OS/c9-5-3-12-2-1-7(5)14-4-6(10)8(11)13/h1-3,6H,4,9-10H2,(H2,11,13). The largest absolute Gasteiger partial charge is 0.397 e. The van der Waals surface area contributed by atoms with E-state index in [1.165, 1.54) is 11.8 Å². The molecule has 6 heteroatoms. The molecule has 0 saturated carbocycles. The van der Waals surface area contributed by atoms with E-state index in [1.54, 1.807) is 18.5 Å². The number of nitrogens with two attached hydrogens (primary N) is 3. The van der Waals surface area contributed by atoms with Gasteiger partial charge in [-0.3, -0.25) is 9.78 Å². The van der Waals surface area contributed by atoms with E-state index in [4.69, 9.17) is 17.2 Å². The zero-order valence-corrected chi connectivity index (χ0v) is 8.33. The molecule has 0 fully saturated rings. The summed E-state index contributed by atoms with van der Waals surface area (Å²) in [7, 11) is 0. The molecular weight excluding hydrogens is 200 g/mol. The Kier molecular flexibility index (Phi) is 3.73. The summed E-state index contributed by atoms with van der Waals surface area (Å²) < 4.78 is 0. The van der Waals surface area contributed by atoms with E-state index in [2.05, 4.69) is 4.98 Å². The molecule has 76 valence electrons. The Morgan fingerprint density at radius 3 is 2.93 bits per heavy atom. The minimum atomic E-state index is -0.646. The molecule has 0 bridgehead atoms. The molecule has 1 amide bonds. The minimum absolute atomic E-state index is 0.420. The van der Waals surface area contributed by atoms with Gasteiger partial charge in [0.1, 0.15) is 0 Å². The number of hydrogen-bond donors (Lipinski definition) is 3. The Labute approximate surface area is 86.1 Å². The van der Waals surface area contributed by atoms with Gasteiger partial charge in [-0.15, -0.1) is 11.8 Å². The lowest BCUT2D eigenvalue weighted by molar-refractivity contribution is -0.118. The van der Waals surface area contributed by atoms with Crippen molar-refractivity contribution < 1.29 is 4.79 Å². The molecule has 0 saturated heterocycles. The number of pyridine rings is 1. The SMILES string of the molecule is NC(=O)C(N)CSc1ccncc1N. The fourth-order valence-corrected chi connectivity index (χ4v) is 1.69. The maximum absolute atomic E-state index is 10.6. The number of thioether (sulfide) groups is 1. The summed E-state index contributed by atoms with van der Waals surface area (Å²) >= 11 is 1.39. The van der Waals surface area contributed by atoms with E-state index in [1.807, 2.05) is 0 Å². The van der Waals surface area contributed by atoms with Crippen molar-refractivity contribution in [3.8, 4) is 0 Å². The van der Waals surface area contributed by atoms with Crippen molar-refractivity contribution in [2.24, 2.45) is 11.5 Å². The molecule has 1 aromatic heterocycles. The fraction of sp³-hybridized carbons (Fsp3) is 0.250. The molecule has 0 aliphatic heterocycles. The highest BCUT2D eigenvalue weighted by atomic mass is 32.2. The quantitative estimate of drug-likeness (QED) is 0.587. The van der Waals surface area contributed by atoms with Crippen LogP contribution < -0.4 is 17.2 Å². The summed E-state index contributed by atoms with van der Waals surface area (Å²) in [4.78, 5) is 15.3. The van der Waals surface area contributed by atoms with Gasteiger partial charge in [-0.25, -0.2) is 0 Å². The summed E-state index contributed by atoms with van der Waals surface area (Å²) in [6, 6.07) is 1.13. The average Bonchev–Trinajstić information content (AvgIpc) is 2.16. The van der Waals surface area contributed by atoms with Crippen LogP contribution in [0.3, 0.4) is 0 Å². The van der Waals surface area contributed by atoms with E-state index in [-0.39, 0.29) is 0 Å². The van der Waals surface area contributed by atoms with Crippen molar-refractivity contribution in [1.82, 2.24) is 4.98 Å². The van der Waals surface area contributed by atoms with Crippen LogP contribution in [-0.2, 0) is 4.79 Å². The molecule has 5 nitrogen and oxygen atoms in total. The average molecular weight is 212 g/mol. The van der Waals surface area contributed by atoms with Crippen molar-refractivity contribution in [3.63, 3.8) is 0 Å². The van der Waals surface area contributed by atoms with Gasteiger partial charge in [-0.05, 0) is 6.07 Å². The Morgan fingerprint density at radius 2 is 2.36 bits per heavy atom. The molecule has 0 radical (unpaired) electrons. The van der Waals surface area contributed by atoms with Crippen LogP contribution in [-0.4, -0.2) is 22.7 Å². The van der Waals surface area contributed by atoms with Gasteiger partial charge in [0.05, 0.1) is 17.9 Å². The van der Waals surface area contributed by atoms with Crippen molar-refractivity contribution in [2.45, 2.75) is 10.9 Å². The summed E-state index contributed by atoms with van der Waals surface area (Å²) in [5, 5.41) is 0. The zero-order valence-electron chi connectivity index (χ0n) is 7.51. The molecule has 1 unspecified atom stereocenters. The molecule has 0 aliphatic carbocycles. The van der Waals surface area contributed by atoms with Crippen LogP contribution in [0.25, 0.3) is 0 Å². The maximum atomic E-state index is 10.6. The van der Waals surface area contributed by atoms with Crippen LogP contribution in [0.15, 0.2) is 23.4 Å². The maximum Gasteiger partial charge on any atom is 0.235 e. The number of carbonyl (C=O) groups is 1. The number of hydrogen-bond acceptors (Lipinski definition) is 5. The third-order valence-electron chi connectivity index (χ3n) is 1.59. The van der Waals surface area contributed by atoms with Gasteiger partial charge in [-0.2, -0.15) is 0 Å². The lowest BCUT2D eigenvalue weighted by Crippen LogP contribution is -2.38. The van der Waals surface area contributed by atoms with Crippen LogP contribution >= 0.6 is 11.8 Å². The first-order chi connectivity index (χ1) is 6.61. The van der Waals surface area contributed by atoms with Crippen LogP contribution in [0.5, 0.6) is 0 Å². The molecule has 0 aliphatic rings. The highest BCUT2D eigenvalue weighted by molar-refractivity contribution is 7.99. The lowest BCUT2D eigenvalue weighted by Gasteiger charge is -2.07. The highest BCUT2D eigenvalue weighted by Gasteiger charge is 2.10. The van der Waals surface area contributed by atoms with Gasteiger partial charge in [0, 0.05) is 16.8 Å². The Morgan fingerprint density at radius 1 is 1.64 bits per heavy atom. The second-order valence-corrected chi connectivity index (χ2v) is 3.80. The molecule has 6 N–H and O–H groups in total. The van der Waals surface area contributed by atoms with Gasteiger partial charge < -0.3 is 17.2 Å². The van der Waals surface area contributed by atoms with Gasteiger partial charge in [0.15, 0.2) is 0 Å². The van der Waals surface area contributed by atoms with Crippen molar-refractivity contribution in [1.29, 1.82) is 0 Å². The van der Waals surface area contributed by atoms with Crippen LogP contribution in [0, 0.1) is 0 Å². The van der Waals surface area contributed by atoms with Crippen molar-refractivity contribution in [2.75, 3.05) is 11.5 Å². The second-order valence-electron chi connectivity index (χ2n) is 2.73. The summed E-state index contributed by atoms with van der Waals surface area (Å²) in [5.41, 5.74) is 16.7. The van der Waals surface area contributed by atoms with E-state index in [0.29, 0.717) is 11.4 Å². The van der Waals surface area contributed by atoms with E-state index >= 15 is 0 Å². The molecule has 1 rings (SSSR count). The molecule has 0 aromatic carbocycles. The van der Waals surface area contributed by atoms with Crippen LogP contribution in [0.4, 0.5) is 5.69 Å². The van der Waals surface area contributed by atoms with E-state index in [9.17, 15) is 4.79 Å². The van der Waals surface area contributed by atoms with Crippen LogP contribution in [0.2, 0.25) is 0 Å². The number of primary amides is 1. The first-order valence-electron chi connectivity index (χ1n) is 3.98. The third kappa shape index (κ3) is 2.90. The number of nitrogen functional groups attached to an aromatic ring is 1. The lowest BCUT2D eigenvalue weighted by atomic mass is 10.3. The van der Waals surface area contributed by atoms with Crippen molar-refractivity contribution >= 4 is 23.4 Å². The Hall–Kier alpha value is -1.27. The summed E-state index contributed by atoms with van der Waals surface area (Å²) in [5.74, 6) is -0.0890. The first kappa shape index (κ1) is 10.8. The zero-order chi connectivity index (χ0) is 10.6. The minimum Gasteiger partial charge on any atom is -0.397 e. The molecular formula is C8H12N4OS. The first-order valence-corrected chi connectivity index (χ1v) is 4.97. The molecule has 1 aromatic rings. The van der Waals surface area contributed by atoms with E-state index in [0.717, 1.165) is 4.90 Å². The number of amides is 1. The van der Waals surface area contributed by atoms with Gasteiger partial charge in [0.2, 0.25) is 5.91 Å². The van der Waals surface area contributed by atoms with Gasteiger partial charge in [-0.1, -0.05) is 0 Å². The fourth-order valence-electron chi connectivity index (χ4n) is 0.787. The van der Waals surface area contributed by atoms with Crippen molar-refractivity contribution in [3.05, 3.63) is 18.5 Å². The molecule has 1 atom stereocenters. The second kappa shape index (κ2) is 4.83. The predicted octanol–water partition coefficient (Wildman–Crippen LogP) is -0.432.